The minimum Gasteiger partial charge on any atom is -0.494 e. The highest BCUT2D eigenvalue weighted by molar-refractivity contribution is 7.86. The van der Waals surface area contributed by atoms with Gasteiger partial charge in [-0.2, -0.15) is 8.42 Å². The zero-order valence-corrected chi connectivity index (χ0v) is 16.5. The number of Topliss-reactive ketones (excluding diaryl/α,β-unsaturated/α-hetero) is 1. The van der Waals surface area contributed by atoms with Crippen LogP contribution in [0, 0.1) is 10.1 Å². The molecule has 13 heteroatoms. The number of carbonyl (C=O) groups is 2. The number of anilines is 1. The quantitative estimate of drug-likeness (QED) is 0.208. The standard InChI is InChI=1S/C17H16N4O8S/c1-10(22)8-16(23)18-12-4-3-5-14(29-2)17(12)20-19-13-9-11(21(24)25)6-7-15(13)30(26,27)28/h3-7,9H,8H2,1-2H3,(H,18,23)(H,26,27,28). The third kappa shape index (κ3) is 5.65. The molecule has 0 aliphatic heterocycles. The van der Waals surface area contributed by atoms with Gasteiger partial charge in [-0.1, -0.05) is 6.07 Å². The van der Waals surface area contributed by atoms with Gasteiger partial charge in [-0.3, -0.25) is 24.3 Å². The number of benzene rings is 2. The van der Waals surface area contributed by atoms with E-state index < -0.39 is 37.2 Å². The first-order chi connectivity index (χ1) is 14.0. The van der Waals surface area contributed by atoms with E-state index in [-0.39, 0.29) is 29.3 Å². The Balaban J connectivity index is 2.56. The Hall–Kier alpha value is -3.71. The molecule has 158 valence electrons. The third-order valence-corrected chi connectivity index (χ3v) is 4.49. The molecule has 0 atom stereocenters. The maximum Gasteiger partial charge on any atom is 0.296 e. The molecular formula is C17H16N4O8S. The second-order valence-electron chi connectivity index (χ2n) is 5.87. The van der Waals surface area contributed by atoms with Crippen molar-refractivity contribution in [1.29, 1.82) is 0 Å². The number of non-ortho nitro benzene ring substituents is 1. The normalized spacial score (nSPS) is 11.3. The second-order valence-corrected chi connectivity index (χ2v) is 7.26. The molecule has 0 unspecified atom stereocenters. The zero-order chi connectivity index (χ0) is 22.5. The maximum absolute atomic E-state index is 11.9. The number of ketones is 1. The molecular weight excluding hydrogens is 420 g/mol. The Kier molecular flexibility index (Phi) is 6.92. The van der Waals surface area contributed by atoms with Crippen molar-refractivity contribution in [3.63, 3.8) is 0 Å². The molecule has 2 aromatic carbocycles. The summed E-state index contributed by atoms with van der Waals surface area (Å²) < 4.78 is 37.6. The van der Waals surface area contributed by atoms with Gasteiger partial charge >= 0.3 is 0 Å². The minimum atomic E-state index is -4.75. The van der Waals surface area contributed by atoms with Crippen LogP contribution in [0.1, 0.15) is 13.3 Å². The van der Waals surface area contributed by atoms with E-state index in [9.17, 15) is 32.7 Å². The van der Waals surface area contributed by atoms with Gasteiger partial charge in [-0.05, 0) is 25.1 Å². The number of nitro groups is 1. The number of hydrogen-bond donors (Lipinski definition) is 2. The van der Waals surface area contributed by atoms with E-state index in [4.69, 9.17) is 4.74 Å². The summed E-state index contributed by atoms with van der Waals surface area (Å²) in [6.45, 7) is 1.24. The van der Waals surface area contributed by atoms with E-state index in [2.05, 4.69) is 15.5 Å². The Morgan fingerprint density at radius 2 is 1.93 bits per heavy atom. The van der Waals surface area contributed by atoms with E-state index >= 15 is 0 Å². The summed E-state index contributed by atoms with van der Waals surface area (Å²) in [7, 11) is -3.44. The topological polar surface area (TPSA) is 178 Å². The first-order valence-electron chi connectivity index (χ1n) is 8.17. The molecule has 0 aromatic heterocycles. The van der Waals surface area contributed by atoms with Crippen LogP contribution in [0.25, 0.3) is 0 Å². The molecule has 0 aliphatic rings. The van der Waals surface area contributed by atoms with Gasteiger partial charge in [0, 0.05) is 12.1 Å². The van der Waals surface area contributed by atoms with Crippen LogP contribution in [0.2, 0.25) is 0 Å². The molecule has 2 N–H and O–H groups in total. The molecule has 1 amide bonds. The lowest BCUT2D eigenvalue weighted by Gasteiger charge is -2.10. The summed E-state index contributed by atoms with van der Waals surface area (Å²) in [5, 5.41) is 21.0. The first-order valence-corrected chi connectivity index (χ1v) is 9.61. The molecule has 0 radical (unpaired) electrons. The molecule has 0 bridgehead atoms. The van der Waals surface area contributed by atoms with Gasteiger partial charge in [0.25, 0.3) is 15.8 Å². The highest BCUT2D eigenvalue weighted by Crippen LogP contribution is 2.38. The molecule has 0 heterocycles. The number of ether oxygens (including phenoxy) is 1. The van der Waals surface area contributed by atoms with Crippen molar-refractivity contribution in [2.24, 2.45) is 10.2 Å². The lowest BCUT2D eigenvalue weighted by atomic mass is 10.2. The van der Waals surface area contributed by atoms with Crippen LogP contribution in [0.15, 0.2) is 51.5 Å². The molecule has 0 saturated heterocycles. The van der Waals surface area contributed by atoms with Gasteiger partial charge in [-0.25, -0.2) is 0 Å². The van der Waals surface area contributed by atoms with Crippen molar-refractivity contribution in [1.82, 2.24) is 0 Å². The van der Waals surface area contributed by atoms with Crippen LogP contribution in [-0.2, 0) is 19.7 Å². The number of rotatable bonds is 8. The molecule has 0 saturated carbocycles. The summed E-state index contributed by atoms with van der Waals surface area (Å²) in [5.41, 5.74) is -0.919. The number of amides is 1. The number of methoxy groups -OCH3 is 1. The maximum atomic E-state index is 11.9. The molecule has 0 fully saturated rings. The van der Waals surface area contributed by atoms with E-state index in [1.165, 1.54) is 32.2 Å². The highest BCUT2D eigenvalue weighted by atomic mass is 32.2. The lowest BCUT2D eigenvalue weighted by Crippen LogP contribution is -2.14. The van der Waals surface area contributed by atoms with Gasteiger partial charge in [0.05, 0.1) is 24.1 Å². The van der Waals surface area contributed by atoms with E-state index in [0.29, 0.717) is 0 Å². The first kappa shape index (κ1) is 22.6. The fourth-order valence-electron chi connectivity index (χ4n) is 2.33. The monoisotopic (exact) mass is 436 g/mol. The SMILES string of the molecule is COc1cccc(NC(=O)CC(C)=O)c1N=Nc1cc([N+](=O)[O-])ccc1S(=O)(=O)O. The predicted molar refractivity (Wildman–Crippen MR) is 104 cm³/mol. The Bertz CT molecular complexity index is 1140. The summed E-state index contributed by atoms with van der Waals surface area (Å²) in [6.07, 6.45) is -0.383. The smallest absolute Gasteiger partial charge is 0.296 e. The van der Waals surface area contributed by atoms with Crippen molar-refractivity contribution in [3.8, 4) is 5.75 Å². The number of hydrogen-bond acceptors (Lipinski definition) is 9. The van der Waals surface area contributed by atoms with Crippen LogP contribution in [0.5, 0.6) is 5.75 Å². The Labute approximate surface area is 170 Å². The number of azo groups is 1. The number of nitrogens with zero attached hydrogens (tertiary/aromatic N) is 3. The molecule has 2 rings (SSSR count). The lowest BCUT2D eigenvalue weighted by molar-refractivity contribution is -0.384. The van der Waals surface area contributed by atoms with Gasteiger partial charge in [0.2, 0.25) is 5.91 Å². The van der Waals surface area contributed by atoms with Crippen molar-refractivity contribution < 1.29 is 32.2 Å². The summed E-state index contributed by atoms with van der Waals surface area (Å²) in [4.78, 5) is 32.5. The van der Waals surface area contributed by atoms with Crippen molar-refractivity contribution >= 4 is 44.6 Å². The van der Waals surface area contributed by atoms with Gasteiger partial charge in [-0.15, -0.1) is 10.2 Å². The molecule has 30 heavy (non-hydrogen) atoms. The van der Waals surface area contributed by atoms with E-state index in [1.54, 1.807) is 0 Å². The fourth-order valence-corrected chi connectivity index (χ4v) is 2.94. The fraction of sp³-hybridized carbons (Fsp3) is 0.176. The predicted octanol–water partition coefficient (Wildman–Crippen LogP) is 3.18. The summed E-state index contributed by atoms with van der Waals surface area (Å²) >= 11 is 0. The van der Waals surface area contributed by atoms with Crippen molar-refractivity contribution in [2.75, 3.05) is 12.4 Å². The van der Waals surface area contributed by atoms with Crippen molar-refractivity contribution in [3.05, 3.63) is 46.5 Å². The summed E-state index contributed by atoms with van der Waals surface area (Å²) in [5.74, 6) is -0.854. The van der Waals surface area contributed by atoms with Crippen LogP contribution in [0.3, 0.4) is 0 Å². The highest BCUT2D eigenvalue weighted by Gasteiger charge is 2.20. The molecule has 2 aromatic rings. The molecule has 0 aliphatic carbocycles. The Morgan fingerprint density at radius 3 is 2.50 bits per heavy atom. The van der Waals surface area contributed by atoms with Gasteiger partial charge in [0.1, 0.15) is 22.1 Å². The van der Waals surface area contributed by atoms with Gasteiger partial charge < -0.3 is 10.1 Å². The average molecular weight is 436 g/mol. The second kappa shape index (κ2) is 9.19. The van der Waals surface area contributed by atoms with E-state index in [0.717, 1.165) is 18.2 Å². The average Bonchev–Trinajstić information content (AvgIpc) is 2.64. The van der Waals surface area contributed by atoms with Crippen LogP contribution < -0.4 is 10.1 Å². The molecule has 12 nitrogen and oxygen atoms in total. The number of nitrogens with one attached hydrogen (secondary N) is 1. The largest absolute Gasteiger partial charge is 0.494 e. The van der Waals surface area contributed by atoms with Gasteiger partial charge in [0.15, 0.2) is 5.69 Å². The third-order valence-electron chi connectivity index (χ3n) is 3.59. The minimum absolute atomic E-state index is 0.0373. The zero-order valence-electron chi connectivity index (χ0n) is 15.7. The van der Waals surface area contributed by atoms with E-state index in [1.807, 2.05) is 0 Å². The van der Waals surface area contributed by atoms with Crippen LogP contribution in [-0.4, -0.2) is 36.7 Å². The van der Waals surface area contributed by atoms with Crippen LogP contribution in [0.4, 0.5) is 22.7 Å². The number of carbonyl (C=O) groups excluding carboxylic acids is 2. The van der Waals surface area contributed by atoms with Crippen LogP contribution >= 0.6 is 0 Å². The number of nitro benzene ring substituents is 1. The Morgan fingerprint density at radius 1 is 1.23 bits per heavy atom. The molecule has 0 spiro atoms. The van der Waals surface area contributed by atoms with Crippen molar-refractivity contribution in [2.45, 2.75) is 18.2 Å². The summed E-state index contributed by atoms with van der Waals surface area (Å²) in [6, 6.07) is 6.96.